The van der Waals surface area contributed by atoms with Crippen molar-refractivity contribution in [2.45, 2.75) is 6.42 Å². The molecule has 0 atom stereocenters. The fourth-order valence-electron chi connectivity index (χ4n) is 2.67. The molecule has 3 aromatic carbocycles. The molecule has 0 aliphatic carbocycles. The smallest absolute Gasteiger partial charge is 0.273 e. The number of nitrogens with zero attached hydrogens (tertiary/aromatic N) is 1. The largest absolute Gasteiger partial charge is 0.507 e. The van der Waals surface area contributed by atoms with Crippen LogP contribution >= 0.6 is 0 Å². The van der Waals surface area contributed by atoms with Crippen molar-refractivity contribution in [3.63, 3.8) is 0 Å². The molecule has 0 heterocycles. The lowest BCUT2D eigenvalue weighted by Gasteiger charge is -2.06. The summed E-state index contributed by atoms with van der Waals surface area (Å²) in [5, 5.41) is 22.1. The van der Waals surface area contributed by atoms with E-state index in [9.17, 15) is 24.8 Å². The maximum atomic E-state index is 12.5. The van der Waals surface area contributed by atoms with E-state index in [1.807, 2.05) is 24.3 Å². The molecule has 3 aromatic rings. The van der Waals surface area contributed by atoms with Gasteiger partial charge in [0.05, 0.1) is 23.0 Å². The SMILES string of the molecule is O=C(CC(=O)c1cccc2ccccc12)c1ccc([N+](=O)[O-])cc1O. The highest BCUT2D eigenvalue weighted by Gasteiger charge is 2.20. The standard InChI is InChI=1S/C19H13NO5/c21-17-10-13(20(24)25)8-9-16(17)19(23)11-18(22)15-7-3-5-12-4-1-2-6-14(12)15/h1-10,21H,11H2. The Morgan fingerprint density at radius 3 is 2.32 bits per heavy atom. The van der Waals surface area contributed by atoms with Crippen LogP contribution < -0.4 is 0 Å². The van der Waals surface area contributed by atoms with Crippen LogP contribution in [0, 0.1) is 10.1 Å². The first-order chi connectivity index (χ1) is 12.0. The number of hydrogen-bond donors (Lipinski definition) is 1. The highest BCUT2D eigenvalue weighted by Crippen LogP contribution is 2.26. The van der Waals surface area contributed by atoms with Gasteiger partial charge < -0.3 is 5.11 Å². The first-order valence-electron chi connectivity index (χ1n) is 7.49. The Kier molecular flexibility index (Phi) is 4.26. The zero-order valence-electron chi connectivity index (χ0n) is 13.0. The summed E-state index contributed by atoms with van der Waals surface area (Å²) < 4.78 is 0. The highest BCUT2D eigenvalue weighted by atomic mass is 16.6. The normalized spacial score (nSPS) is 10.6. The van der Waals surface area contributed by atoms with Crippen LogP contribution in [-0.2, 0) is 0 Å². The van der Waals surface area contributed by atoms with Crippen molar-refractivity contribution in [1.29, 1.82) is 0 Å². The van der Waals surface area contributed by atoms with Crippen molar-refractivity contribution >= 4 is 28.0 Å². The number of rotatable bonds is 5. The number of ketones is 2. The molecule has 124 valence electrons. The second-order valence-electron chi connectivity index (χ2n) is 5.51. The third-order valence-corrected chi connectivity index (χ3v) is 3.90. The molecular formula is C19H13NO5. The average molecular weight is 335 g/mol. The summed E-state index contributed by atoms with van der Waals surface area (Å²) in [6.07, 6.45) is -0.431. The van der Waals surface area contributed by atoms with E-state index in [-0.39, 0.29) is 17.0 Å². The van der Waals surface area contributed by atoms with Gasteiger partial charge in [-0.1, -0.05) is 42.5 Å². The molecular weight excluding hydrogens is 322 g/mol. The number of nitro benzene ring substituents is 1. The van der Waals surface area contributed by atoms with Crippen molar-refractivity contribution in [1.82, 2.24) is 0 Å². The molecule has 0 spiro atoms. The molecule has 6 nitrogen and oxygen atoms in total. The van der Waals surface area contributed by atoms with Crippen LogP contribution in [0.5, 0.6) is 5.75 Å². The quantitative estimate of drug-likeness (QED) is 0.330. The number of carbonyl (C=O) groups is 2. The summed E-state index contributed by atoms with van der Waals surface area (Å²) in [7, 11) is 0. The summed E-state index contributed by atoms with van der Waals surface area (Å²) in [5.41, 5.74) is -0.0125. The van der Waals surface area contributed by atoms with Crippen LogP contribution in [-0.4, -0.2) is 21.6 Å². The molecule has 0 unspecified atom stereocenters. The van der Waals surface area contributed by atoms with Crippen molar-refractivity contribution in [3.05, 3.63) is 81.9 Å². The van der Waals surface area contributed by atoms with E-state index in [4.69, 9.17) is 0 Å². The maximum absolute atomic E-state index is 12.5. The van der Waals surface area contributed by atoms with Crippen LogP contribution in [0.4, 0.5) is 5.69 Å². The number of aromatic hydroxyl groups is 1. The highest BCUT2D eigenvalue weighted by molar-refractivity contribution is 6.18. The van der Waals surface area contributed by atoms with E-state index in [1.54, 1.807) is 18.2 Å². The minimum atomic E-state index is -0.671. The van der Waals surface area contributed by atoms with Crippen LogP contribution in [0.25, 0.3) is 10.8 Å². The number of benzene rings is 3. The second-order valence-corrected chi connectivity index (χ2v) is 5.51. The number of non-ortho nitro benzene ring substituents is 1. The summed E-state index contributed by atoms with van der Waals surface area (Å²) in [5.74, 6) is -1.48. The fourth-order valence-corrected chi connectivity index (χ4v) is 2.67. The van der Waals surface area contributed by atoms with Gasteiger partial charge >= 0.3 is 0 Å². The van der Waals surface area contributed by atoms with Gasteiger partial charge in [-0.05, 0) is 16.8 Å². The van der Waals surface area contributed by atoms with Crippen LogP contribution in [0.2, 0.25) is 0 Å². The van der Waals surface area contributed by atoms with E-state index in [1.165, 1.54) is 0 Å². The number of Topliss-reactive ketones (excluding diaryl/α,β-unsaturated/α-hetero) is 2. The molecule has 0 bridgehead atoms. The minimum Gasteiger partial charge on any atom is -0.507 e. The van der Waals surface area contributed by atoms with Crippen LogP contribution in [0.15, 0.2) is 60.7 Å². The Morgan fingerprint density at radius 1 is 0.920 bits per heavy atom. The Hall–Kier alpha value is -3.54. The lowest BCUT2D eigenvalue weighted by Crippen LogP contribution is -2.09. The summed E-state index contributed by atoms with van der Waals surface area (Å²) in [6, 6.07) is 15.8. The van der Waals surface area contributed by atoms with Gasteiger partial charge in [-0.25, -0.2) is 0 Å². The second kappa shape index (κ2) is 6.52. The average Bonchev–Trinajstić information content (AvgIpc) is 2.60. The predicted molar refractivity (Wildman–Crippen MR) is 92.0 cm³/mol. The first-order valence-corrected chi connectivity index (χ1v) is 7.49. The zero-order valence-corrected chi connectivity index (χ0v) is 13.0. The molecule has 0 saturated carbocycles. The molecule has 1 N–H and O–H groups in total. The molecule has 0 aliphatic heterocycles. The molecule has 0 radical (unpaired) electrons. The summed E-state index contributed by atoms with van der Waals surface area (Å²) in [6.45, 7) is 0. The van der Waals surface area contributed by atoms with Gasteiger partial charge in [-0.15, -0.1) is 0 Å². The molecule has 0 fully saturated rings. The lowest BCUT2D eigenvalue weighted by atomic mass is 9.96. The van der Waals surface area contributed by atoms with Crippen LogP contribution in [0.3, 0.4) is 0 Å². The Bertz CT molecular complexity index is 1000. The predicted octanol–water partition coefficient (Wildman–Crippen LogP) is 3.91. The van der Waals surface area contributed by atoms with E-state index in [0.717, 1.165) is 29.0 Å². The van der Waals surface area contributed by atoms with Gasteiger partial charge in [0.1, 0.15) is 5.75 Å². The molecule has 0 aliphatic rings. The summed E-state index contributed by atoms with van der Waals surface area (Å²) >= 11 is 0. The Morgan fingerprint density at radius 2 is 1.60 bits per heavy atom. The van der Waals surface area contributed by atoms with Gasteiger partial charge in [0.15, 0.2) is 11.6 Å². The first kappa shape index (κ1) is 16.3. The topological polar surface area (TPSA) is 97.5 Å². The van der Waals surface area contributed by atoms with Gasteiger partial charge in [-0.3, -0.25) is 19.7 Å². The Labute approximate surface area is 142 Å². The van der Waals surface area contributed by atoms with Gasteiger partial charge in [0.25, 0.3) is 5.69 Å². The monoisotopic (exact) mass is 335 g/mol. The number of hydrogen-bond acceptors (Lipinski definition) is 5. The summed E-state index contributed by atoms with van der Waals surface area (Å²) in [4.78, 5) is 34.8. The van der Waals surface area contributed by atoms with E-state index < -0.39 is 22.9 Å². The molecule has 25 heavy (non-hydrogen) atoms. The number of phenols is 1. The van der Waals surface area contributed by atoms with Gasteiger partial charge in [-0.2, -0.15) is 0 Å². The maximum Gasteiger partial charge on any atom is 0.273 e. The lowest BCUT2D eigenvalue weighted by molar-refractivity contribution is -0.384. The third kappa shape index (κ3) is 3.23. The minimum absolute atomic E-state index is 0.112. The zero-order chi connectivity index (χ0) is 18.0. The third-order valence-electron chi connectivity index (χ3n) is 3.90. The van der Waals surface area contributed by atoms with Crippen molar-refractivity contribution < 1.29 is 19.6 Å². The number of carbonyl (C=O) groups excluding carboxylic acids is 2. The van der Waals surface area contributed by atoms with E-state index >= 15 is 0 Å². The molecule has 3 rings (SSSR count). The fraction of sp³-hybridized carbons (Fsp3) is 0.0526. The van der Waals surface area contributed by atoms with Gasteiger partial charge in [0.2, 0.25) is 0 Å². The molecule has 0 amide bonds. The molecule has 0 aromatic heterocycles. The number of nitro groups is 1. The van der Waals surface area contributed by atoms with Crippen molar-refractivity contribution in [2.24, 2.45) is 0 Å². The van der Waals surface area contributed by atoms with E-state index in [0.29, 0.717) is 5.56 Å². The van der Waals surface area contributed by atoms with Gasteiger partial charge in [0, 0.05) is 11.6 Å². The van der Waals surface area contributed by atoms with E-state index in [2.05, 4.69) is 0 Å². The molecule has 0 saturated heterocycles. The Balaban J connectivity index is 1.88. The molecule has 6 heteroatoms. The van der Waals surface area contributed by atoms with Crippen molar-refractivity contribution in [3.8, 4) is 5.75 Å². The number of phenolic OH excluding ortho intramolecular Hbond substituents is 1. The van der Waals surface area contributed by atoms with Crippen LogP contribution in [0.1, 0.15) is 27.1 Å². The van der Waals surface area contributed by atoms with Crippen molar-refractivity contribution in [2.75, 3.05) is 0 Å². The number of fused-ring (bicyclic) bond motifs is 1.